The summed E-state index contributed by atoms with van der Waals surface area (Å²) in [5.74, 6) is -0.320. The average molecular weight is 781 g/mol. The molecule has 4 N–H and O–H groups in total. The molecule has 1 aliphatic rings. The minimum absolute atomic E-state index is 0.121. The van der Waals surface area contributed by atoms with Gasteiger partial charge in [0.1, 0.15) is 30.5 Å². The van der Waals surface area contributed by atoms with Crippen molar-refractivity contribution in [3.63, 3.8) is 0 Å². The summed E-state index contributed by atoms with van der Waals surface area (Å²) >= 11 is 0. The number of allylic oxidation sites excluding steroid dienone is 6. The second-order valence-corrected chi connectivity index (χ2v) is 15.5. The monoisotopic (exact) mass is 781 g/mol. The van der Waals surface area contributed by atoms with Gasteiger partial charge in [-0.05, 0) is 44.9 Å². The third-order valence-electron chi connectivity index (χ3n) is 10.3. The van der Waals surface area contributed by atoms with E-state index in [1.165, 1.54) is 96.3 Å². The first-order valence-electron chi connectivity index (χ1n) is 22.6. The maximum atomic E-state index is 12.8. The highest BCUT2D eigenvalue weighted by molar-refractivity contribution is 5.69. The number of hydrogen-bond donors (Lipinski definition) is 4. The highest BCUT2D eigenvalue weighted by atomic mass is 16.7. The number of carbonyl (C=O) groups excluding carboxylic acids is 1. The Balaban J connectivity index is 2.26. The summed E-state index contributed by atoms with van der Waals surface area (Å²) in [6, 6.07) is 0. The van der Waals surface area contributed by atoms with Crippen LogP contribution in [0.4, 0.5) is 0 Å². The topological polar surface area (TPSA) is 135 Å². The van der Waals surface area contributed by atoms with Gasteiger partial charge in [0, 0.05) is 13.0 Å². The molecule has 0 bridgehead atoms. The zero-order valence-electron chi connectivity index (χ0n) is 35.2. The van der Waals surface area contributed by atoms with E-state index < -0.39 is 43.4 Å². The van der Waals surface area contributed by atoms with Crippen molar-refractivity contribution in [1.82, 2.24) is 0 Å². The van der Waals surface area contributed by atoms with E-state index in [9.17, 15) is 25.2 Å². The lowest BCUT2D eigenvalue weighted by molar-refractivity contribution is -0.305. The van der Waals surface area contributed by atoms with Crippen molar-refractivity contribution in [3.8, 4) is 0 Å². The number of aliphatic hydroxyl groups excluding tert-OH is 4. The Bertz CT molecular complexity index is 936. The lowest BCUT2D eigenvalue weighted by Gasteiger charge is -2.39. The molecule has 0 aliphatic carbocycles. The zero-order valence-corrected chi connectivity index (χ0v) is 35.2. The van der Waals surface area contributed by atoms with Crippen LogP contribution in [0.1, 0.15) is 187 Å². The molecule has 1 saturated heterocycles. The van der Waals surface area contributed by atoms with Crippen molar-refractivity contribution < 1.29 is 44.2 Å². The molecule has 9 nitrogen and oxygen atoms in total. The molecule has 0 aromatic rings. The van der Waals surface area contributed by atoms with E-state index in [4.69, 9.17) is 18.9 Å². The van der Waals surface area contributed by atoms with Crippen molar-refractivity contribution in [3.05, 3.63) is 36.5 Å². The van der Waals surface area contributed by atoms with E-state index in [2.05, 4.69) is 50.3 Å². The average Bonchev–Trinajstić information content (AvgIpc) is 3.18. The van der Waals surface area contributed by atoms with Crippen LogP contribution >= 0.6 is 0 Å². The maximum Gasteiger partial charge on any atom is 0.306 e. The van der Waals surface area contributed by atoms with Crippen LogP contribution in [0.3, 0.4) is 0 Å². The molecule has 6 atom stereocenters. The van der Waals surface area contributed by atoms with Crippen molar-refractivity contribution in [2.24, 2.45) is 0 Å². The van der Waals surface area contributed by atoms with Crippen LogP contribution in [0.15, 0.2) is 36.5 Å². The van der Waals surface area contributed by atoms with Crippen molar-refractivity contribution in [2.75, 3.05) is 26.4 Å². The minimum Gasteiger partial charge on any atom is -0.457 e. The van der Waals surface area contributed by atoms with Crippen molar-refractivity contribution in [2.45, 2.75) is 224 Å². The van der Waals surface area contributed by atoms with Gasteiger partial charge in [-0.2, -0.15) is 0 Å². The molecule has 0 spiro atoms. The molecule has 0 aromatic heterocycles. The zero-order chi connectivity index (χ0) is 40.0. The predicted octanol–water partition coefficient (Wildman–Crippen LogP) is 9.97. The summed E-state index contributed by atoms with van der Waals surface area (Å²) in [4.78, 5) is 12.8. The van der Waals surface area contributed by atoms with Gasteiger partial charge in [-0.25, -0.2) is 0 Å². The Morgan fingerprint density at radius 3 is 1.67 bits per heavy atom. The molecule has 1 heterocycles. The summed E-state index contributed by atoms with van der Waals surface area (Å²) in [6.07, 6.45) is 37.4. The van der Waals surface area contributed by atoms with Gasteiger partial charge in [0.15, 0.2) is 6.29 Å². The van der Waals surface area contributed by atoms with Gasteiger partial charge in [-0.15, -0.1) is 0 Å². The van der Waals surface area contributed by atoms with Gasteiger partial charge in [0.25, 0.3) is 0 Å². The normalized spacial score (nSPS) is 21.0. The van der Waals surface area contributed by atoms with E-state index in [1.807, 2.05) is 0 Å². The highest BCUT2D eigenvalue weighted by Gasteiger charge is 2.44. The summed E-state index contributed by atoms with van der Waals surface area (Å²) in [7, 11) is 0. The molecule has 9 heteroatoms. The van der Waals surface area contributed by atoms with Crippen LogP contribution in [0.25, 0.3) is 0 Å². The summed E-state index contributed by atoms with van der Waals surface area (Å²) < 4.78 is 22.8. The Labute approximate surface area is 336 Å². The largest absolute Gasteiger partial charge is 0.457 e. The molecule has 0 radical (unpaired) electrons. The number of hydrogen-bond acceptors (Lipinski definition) is 9. The second-order valence-electron chi connectivity index (χ2n) is 15.5. The van der Waals surface area contributed by atoms with Crippen LogP contribution in [0.5, 0.6) is 0 Å². The fraction of sp³-hybridized carbons (Fsp3) is 0.848. The molecule has 0 amide bonds. The van der Waals surface area contributed by atoms with Crippen molar-refractivity contribution in [1.29, 1.82) is 0 Å². The van der Waals surface area contributed by atoms with E-state index in [0.717, 1.165) is 70.6 Å². The number of ether oxygens (including phenoxy) is 4. The van der Waals surface area contributed by atoms with Crippen molar-refractivity contribution >= 4 is 5.97 Å². The lowest BCUT2D eigenvalue weighted by Crippen LogP contribution is -2.59. The number of esters is 1. The van der Waals surface area contributed by atoms with Crippen LogP contribution < -0.4 is 0 Å². The van der Waals surface area contributed by atoms with Crippen LogP contribution in [0.2, 0.25) is 0 Å². The molecule has 1 rings (SSSR count). The molecule has 55 heavy (non-hydrogen) atoms. The third-order valence-corrected chi connectivity index (χ3v) is 10.3. The quantitative estimate of drug-likeness (QED) is 0.0274. The Morgan fingerprint density at radius 2 is 1.11 bits per heavy atom. The van der Waals surface area contributed by atoms with Gasteiger partial charge < -0.3 is 39.4 Å². The Hall–Kier alpha value is -1.59. The number of carbonyl (C=O) groups is 1. The lowest BCUT2D eigenvalue weighted by atomic mass is 9.99. The smallest absolute Gasteiger partial charge is 0.306 e. The van der Waals surface area contributed by atoms with Gasteiger partial charge in [-0.3, -0.25) is 4.79 Å². The Morgan fingerprint density at radius 1 is 0.600 bits per heavy atom. The SMILES string of the molecule is CC/C=C\C/C=C\C/C=C\CCCCCCOCC(COC1OC(CO)C(O)C(O)C1O)OC(=O)CCCCCCCCCCCCCCCCCCCC. The van der Waals surface area contributed by atoms with Crippen LogP contribution in [0, 0.1) is 0 Å². The molecule has 0 saturated carbocycles. The van der Waals surface area contributed by atoms with Crippen LogP contribution in [-0.2, 0) is 23.7 Å². The molecule has 6 unspecified atom stereocenters. The second kappa shape index (κ2) is 38.0. The summed E-state index contributed by atoms with van der Waals surface area (Å²) in [5.41, 5.74) is 0. The third kappa shape index (κ3) is 29.3. The van der Waals surface area contributed by atoms with E-state index in [0.29, 0.717) is 13.0 Å². The first kappa shape index (κ1) is 51.4. The molecule has 322 valence electrons. The number of rotatable bonds is 38. The highest BCUT2D eigenvalue weighted by Crippen LogP contribution is 2.22. The van der Waals surface area contributed by atoms with E-state index in [1.54, 1.807) is 0 Å². The predicted molar refractivity (Wildman–Crippen MR) is 224 cm³/mol. The standard InChI is InChI=1S/C46H84O9/c1-3-5-7-9-11-13-15-17-19-20-21-22-23-25-27-29-31-33-35-42(48)54-40(39-53-46-45(51)44(50)43(49)41(37-47)55-46)38-52-36-34-32-30-28-26-24-18-16-14-12-10-8-6-4-2/h6,8,12,14,18,24,40-41,43-47,49-51H,3-5,7,9-11,13,15-17,19-23,25-39H2,1-2H3/b8-6-,14-12-,24-18-. The van der Waals surface area contributed by atoms with Gasteiger partial charge in [0.2, 0.25) is 0 Å². The summed E-state index contributed by atoms with van der Waals surface area (Å²) in [6.45, 7) is 4.41. The minimum atomic E-state index is -1.54. The fourth-order valence-electron chi connectivity index (χ4n) is 6.80. The van der Waals surface area contributed by atoms with Crippen LogP contribution in [-0.4, -0.2) is 89.6 Å². The number of aliphatic hydroxyl groups is 4. The molecular formula is C46H84O9. The first-order valence-corrected chi connectivity index (χ1v) is 22.6. The fourth-order valence-corrected chi connectivity index (χ4v) is 6.80. The van der Waals surface area contributed by atoms with Gasteiger partial charge in [0.05, 0.1) is 19.8 Å². The first-order chi connectivity index (χ1) is 26.9. The van der Waals surface area contributed by atoms with Gasteiger partial charge in [-0.1, -0.05) is 172 Å². The van der Waals surface area contributed by atoms with E-state index in [-0.39, 0.29) is 19.2 Å². The molecule has 1 fully saturated rings. The molecule has 1 aliphatic heterocycles. The molecular weight excluding hydrogens is 696 g/mol. The summed E-state index contributed by atoms with van der Waals surface area (Å²) in [5, 5.41) is 40.1. The van der Waals surface area contributed by atoms with Gasteiger partial charge >= 0.3 is 5.97 Å². The van der Waals surface area contributed by atoms with E-state index >= 15 is 0 Å². The maximum absolute atomic E-state index is 12.8. The molecule has 0 aromatic carbocycles. The Kier molecular flexibility index (Phi) is 35.5. The number of unbranched alkanes of at least 4 members (excludes halogenated alkanes) is 21.